The summed E-state index contributed by atoms with van der Waals surface area (Å²) < 4.78 is 5.19. The van der Waals surface area contributed by atoms with Gasteiger partial charge < -0.3 is 9.64 Å². The molecule has 1 amide bonds. The third-order valence-corrected chi connectivity index (χ3v) is 3.63. The Balaban J connectivity index is 1.97. The molecule has 0 saturated carbocycles. The van der Waals surface area contributed by atoms with Crippen LogP contribution < -0.4 is 0 Å². The van der Waals surface area contributed by atoms with Crippen molar-refractivity contribution in [2.75, 3.05) is 20.2 Å². The van der Waals surface area contributed by atoms with Crippen molar-refractivity contribution < 1.29 is 9.53 Å². The third kappa shape index (κ3) is 2.90. The number of rotatable bonds is 3. The summed E-state index contributed by atoms with van der Waals surface area (Å²) in [6.45, 7) is 3.95. The second-order valence-corrected chi connectivity index (χ2v) is 5.27. The molecule has 1 atom stereocenters. The number of hydrogen-bond donors (Lipinski definition) is 0. The second kappa shape index (κ2) is 4.94. The van der Waals surface area contributed by atoms with E-state index in [2.05, 4.69) is 19.1 Å². The number of likely N-dealkylation sites (tertiary alicyclic amines) is 1. The van der Waals surface area contributed by atoms with Crippen LogP contribution in [0.15, 0.2) is 24.0 Å². The molecule has 1 aliphatic heterocycles. The minimum atomic E-state index is 0.0645. The zero-order valence-corrected chi connectivity index (χ0v) is 10.7. The molecule has 1 heterocycles. The third-order valence-electron chi connectivity index (χ3n) is 3.63. The number of ether oxygens (including phenoxy) is 1. The molecule has 3 heteroatoms. The Labute approximate surface area is 103 Å². The zero-order valence-electron chi connectivity index (χ0n) is 10.7. The van der Waals surface area contributed by atoms with E-state index < -0.39 is 0 Å². The average molecular weight is 235 g/mol. The van der Waals surface area contributed by atoms with Gasteiger partial charge >= 0.3 is 0 Å². The topological polar surface area (TPSA) is 29.5 Å². The Bertz CT molecular complexity index is 359. The van der Waals surface area contributed by atoms with E-state index in [-0.39, 0.29) is 5.41 Å². The fraction of sp³-hybridized carbons (Fsp3) is 0.643. The van der Waals surface area contributed by atoms with Gasteiger partial charge in [-0.3, -0.25) is 4.79 Å². The molecule has 1 unspecified atom stereocenters. The molecule has 0 N–H and O–H groups in total. The van der Waals surface area contributed by atoms with E-state index >= 15 is 0 Å². The minimum absolute atomic E-state index is 0.0645. The standard InChI is InChI=1S/C14H21NO2/c1-14(8-6-12(17-2)7-9-14)11-15-10-4-3-5-13(15)16/h6-8H,3-5,9-11H2,1-2H3. The van der Waals surface area contributed by atoms with E-state index in [4.69, 9.17) is 4.74 Å². The lowest BCUT2D eigenvalue weighted by molar-refractivity contribution is -0.134. The maximum Gasteiger partial charge on any atom is 0.222 e. The van der Waals surface area contributed by atoms with Crippen LogP contribution >= 0.6 is 0 Å². The van der Waals surface area contributed by atoms with Crippen molar-refractivity contribution in [1.29, 1.82) is 0 Å². The first-order chi connectivity index (χ1) is 8.13. The Hall–Kier alpha value is -1.25. The van der Waals surface area contributed by atoms with E-state index in [1.165, 1.54) is 0 Å². The minimum Gasteiger partial charge on any atom is -0.497 e. The van der Waals surface area contributed by atoms with Crippen LogP contribution in [0.5, 0.6) is 0 Å². The van der Waals surface area contributed by atoms with E-state index in [9.17, 15) is 4.79 Å². The van der Waals surface area contributed by atoms with Crippen LogP contribution in [0.2, 0.25) is 0 Å². The van der Waals surface area contributed by atoms with Crippen molar-refractivity contribution in [3.63, 3.8) is 0 Å². The predicted octanol–water partition coefficient (Wildman–Crippen LogP) is 2.50. The van der Waals surface area contributed by atoms with Crippen molar-refractivity contribution in [3.8, 4) is 0 Å². The van der Waals surface area contributed by atoms with Crippen molar-refractivity contribution in [2.24, 2.45) is 5.41 Å². The molecular weight excluding hydrogens is 214 g/mol. The number of methoxy groups -OCH3 is 1. The summed E-state index contributed by atoms with van der Waals surface area (Å²) in [5.74, 6) is 1.24. The van der Waals surface area contributed by atoms with Gasteiger partial charge in [0.25, 0.3) is 0 Å². The summed E-state index contributed by atoms with van der Waals surface area (Å²) in [6.07, 6.45) is 10.1. The first-order valence-electron chi connectivity index (χ1n) is 6.34. The highest BCUT2D eigenvalue weighted by Gasteiger charge is 2.29. The molecule has 0 aromatic rings. The maximum absolute atomic E-state index is 11.8. The van der Waals surface area contributed by atoms with E-state index in [1.54, 1.807) is 7.11 Å². The lowest BCUT2D eigenvalue weighted by Gasteiger charge is -2.36. The number of carbonyl (C=O) groups excluding carboxylic acids is 1. The van der Waals surface area contributed by atoms with Crippen molar-refractivity contribution >= 4 is 5.91 Å². The number of nitrogens with zero attached hydrogens (tertiary/aromatic N) is 1. The number of carbonyl (C=O) groups is 1. The molecule has 0 radical (unpaired) electrons. The van der Waals surface area contributed by atoms with Crippen LogP contribution in [0.3, 0.4) is 0 Å². The SMILES string of the molecule is COC1=CCC(C)(CN2CCCCC2=O)C=C1. The molecule has 94 valence electrons. The van der Waals surface area contributed by atoms with Gasteiger partial charge in [0.15, 0.2) is 0 Å². The summed E-state index contributed by atoms with van der Waals surface area (Å²) in [5.41, 5.74) is 0.0645. The Kier molecular flexibility index (Phi) is 3.55. The van der Waals surface area contributed by atoms with Crippen LogP contribution in [-0.4, -0.2) is 31.0 Å². The molecular formula is C14H21NO2. The van der Waals surface area contributed by atoms with E-state index in [0.29, 0.717) is 5.91 Å². The highest BCUT2D eigenvalue weighted by Crippen LogP contribution is 2.31. The molecule has 1 fully saturated rings. The van der Waals surface area contributed by atoms with Gasteiger partial charge in [-0.15, -0.1) is 0 Å². The number of allylic oxidation sites excluding steroid dienone is 2. The molecule has 3 nitrogen and oxygen atoms in total. The Morgan fingerprint density at radius 3 is 2.88 bits per heavy atom. The quantitative estimate of drug-likeness (QED) is 0.752. The van der Waals surface area contributed by atoms with Gasteiger partial charge in [-0.2, -0.15) is 0 Å². The predicted molar refractivity (Wildman–Crippen MR) is 67.4 cm³/mol. The molecule has 2 rings (SSSR count). The molecule has 0 bridgehead atoms. The van der Waals surface area contributed by atoms with Crippen LogP contribution in [0.1, 0.15) is 32.6 Å². The van der Waals surface area contributed by atoms with Gasteiger partial charge in [-0.05, 0) is 31.4 Å². The fourth-order valence-corrected chi connectivity index (χ4v) is 2.49. The van der Waals surface area contributed by atoms with Gasteiger partial charge in [0.2, 0.25) is 5.91 Å². The highest BCUT2D eigenvalue weighted by molar-refractivity contribution is 5.76. The largest absolute Gasteiger partial charge is 0.497 e. The summed E-state index contributed by atoms with van der Waals surface area (Å²) >= 11 is 0. The summed E-state index contributed by atoms with van der Waals surface area (Å²) in [7, 11) is 1.69. The van der Waals surface area contributed by atoms with Gasteiger partial charge in [-0.1, -0.05) is 13.0 Å². The van der Waals surface area contributed by atoms with Crippen LogP contribution in [0.25, 0.3) is 0 Å². The Morgan fingerprint density at radius 2 is 2.29 bits per heavy atom. The molecule has 2 aliphatic rings. The first kappa shape index (κ1) is 12.2. The van der Waals surface area contributed by atoms with Crippen molar-refractivity contribution in [3.05, 3.63) is 24.0 Å². The zero-order chi connectivity index (χ0) is 12.3. The van der Waals surface area contributed by atoms with Crippen LogP contribution in [0, 0.1) is 5.41 Å². The first-order valence-corrected chi connectivity index (χ1v) is 6.34. The lowest BCUT2D eigenvalue weighted by Crippen LogP contribution is -2.42. The molecule has 0 spiro atoms. The van der Waals surface area contributed by atoms with Crippen LogP contribution in [-0.2, 0) is 9.53 Å². The average Bonchev–Trinajstić information content (AvgIpc) is 2.33. The summed E-state index contributed by atoms with van der Waals surface area (Å²) in [4.78, 5) is 13.8. The molecule has 17 heavy (non-hydrogen) atoms. The Morgan fingerprint density at radius 1 is 1.47 bits per heavy atom. The number of amides is 1. The summed E-state index contributed by atoms with van der Waals surface area (Å²) in [6, 6.07) is 0. The maximum atomic E-state index is 11.8. The van der Waals surface area contributed by atoms with Crippen molar-refractivity contribution in [2.45, 2.75) is 32.6 Å². The van der Waals surface area contributed by atoms with Gasteiger partial charge in [0.05, 0.1) is 7.11 Å². The number of hydrogen-bond acceptors (Lipinski definition) is 2. The second-order valence-electron chi connectivity index (χ2n) is 5.27. The normalized spacial score (nSPS) is 29.2. The van der Waals surface area contributed by atoms with Gasteiger partial charge in [-0.25, -0.2) is 0 Å². The van der Waals surface area contributed by atoms with Crippen molar-refractivity contribution in [1.82, 2.24) is 4.90 Å². The monoisotopic (exact) mass is 235 g/mol. The van der Waals surface area contributed by atoms with E-state index in [1.807, 2.05) is 11.0 Å². The van der Waals surface area contributed by atoms with E-state index in [0.717, 1.165) is 44.5 Å². The number of piperidine rings is 1. The molecule has 1 saturated heterocycles. The summed E-state index contributed by atoms with van der Waals surface area (Å²) in [5, 5.41) is 0. The molecule has 0 aromatic heterocycles. The molecule has 0 aromatic carbocycles. The van der Waals surface area contributed by atoms with Gasteiger partial charge in [0.1, 0.15) is 5.76 Å². The molecule has 1 aliphatic carbocycles. The lowest BCUT2D eigenvalue weighted by atomic mass is 9.82. The fourth-order valence-electron chi connectivity index (χ4n) is 2.49. The van der Waals surface area contributed by atoms with Gasteiger partial charge in [0, 0.05) is 24.9 Å². The highest BCUT2D eigenvalue weighted by atomic mass is 16.5. The smallest absolute Gasteiger partial charge is 0.222 e. The van der Waals surface area contributed by atoms with Crippen LogP contribution in [0.4, 0.5) is 0 Å².